The van der Waals surface area contributed by atoms with Crippen LogP contribution in [0.1, 0.15) is 20.3 Å². The molecule has 86 valence electrons. The number of allylic oxidation sites excluding steroid dienone is 2. The highest BCUT2D eigenvalue weighted by Crippen LogP contribution is 2.19. The third kappa shape index (κ3) is 4.14. The van der Waals surface area contributed by atoms with E-state index in [4.69, 9.17) is 0 Å². The summed E-state index contributed by atoms with van der Waals surface area (Å²) in [6.07, 6.45) is 4.15. The Hall–Kier alpha value is -1.32. The van der Waals surface area contributed by atoms with Crippen LogP contribution in [0.4, 0.5) is 0 Å². The minimum Gasteiger partial charge on any atom is -0.469 e. The molecule has 4 nitrogen and oxygen atoms in total. The number of carbonyl (C=O) groups excluding carboxylic acids is 2. The zero-order valence-electron chi connectivity index (χ0n) is 9.65. The van der Waals surface area contributed by atoms with Gasteiger partial charge >= 0.3 is 11.9 Å². The van der Waals surface area contributed by atoms with Crippen molar-refractivity contribution in [3.8, 4) is 0 Å². The Labute approximate surface area is 90.2 Å². The summed E-state index contributed by atoms with van der Waals surface area (Å²) in [5.41, 5.74) is 0. The zero-order valence-corrected chi connectivity index (χ0v) is 9.65. The molecular formula is C11H18O4. The average molecular weight is 214 g/mol. The van der Waals surface area contributed by atoms with Crippen molar-refractivity contribution in [2.45, 2.75) is 20.3 Å². The minimum atomic E-state index is -0.487. The molecule has 15 heavy (non-hydrogen) atoms. The van der Waals surface area contributed by atoms with Crippen LogP contribution in [0, 0.1) is 11.8 Å². The van der Waals surface area contributed by atoms with Crippen molar-refractivity contribution in [1.29, 1.82) is 0 Å². The molecule has 0 N–H and O–H groups in total. The normalized spacial score (nSPS) is 14.7. The maximum absolute atomic E-state index is 11.4. The largest absolute Gasteiger partial charge is 0.469 e. The maximum atomic E-state index is 11.4. The number of methoxy groups -OCH3 is 2. The van der Waals surface area contributed by atoms with Gasteiger partial charge in [-0.15, -0.1) is 0 Å². The second-order valence-corrected chi connectivity index (χ2v) is 3.25. The van der Waals surface area contributed by atoms with Gasteiger partial charge in [0.25, 0.3) is 0 Å². The average Bonchev–Trinajstić information content (AvgIpc) is 2.27. The van der Waals surface area contributed by atoms with Crippen LogP contribution in [0.15, 0.2) is 12.2 Å². The van der Waals surface area contributed by atoms with Gasteiger partial charge in [-0.25, -0.2) is 0 Å². The molecule has 0 spiro atoms. The maximum Gasteiger partial charge on any atom is 0.309 e. The molecule has 0 heterocycles. The van der Waals surface area contributed by atoms with Gasteiger partial charge in [-0.2, -0.15) is 0 Å². The monoisotopic (exact) mass is 214 g/mol. The first-order valence-corrected chi connectivity index (χ1v) is 4.85. The van der Waals surface area contributed by atoms with Crippen molar-refractivity contribution in [2.24, 2.45) is 11.8 Å². The third-order valence-electron chi connectivity index (χ3n) is 2.31. The van der Waals surface area contributed by atoms with Crippen LogP contribution in [0.2, 0.25) is 0 Å². The standard InChI is InChI=1S/C11H18O4/c1-5-6-7-9(11(13)15-4)8(2)10(12)14-3/h5-6,8-9H,7H2,1-4H3/b6-5+. The lowest BCUT2D eigenvalue weighted by molar-refractivity contribution is -0.156. The fraction of sp³-hybridized carbons (Fsp3) is 0.636. The Bertz CT molecular complexity index is 245. The quantitative estimate of drug-likeness (QED) is 0.514. The fourth-order valence-electron chi connectivity index (χ4n) is 1.29. The number of esters is 2. The van der Waals surface area contributed by atoms with Gasteiger partial charge in [0, 0.05) is 0 Å². The number of ether oxygens (including phenoxy) is 2. The summed E-state index contributed by atoms with van der Waals surface area (Å²) in [5.74, 6) is -1.74. The van der Waals surface area contributed by atoms with Crippen molar-refractivity contribution >= 4 is 11.9 Å². The van der Waals surface area contributed by atoms with Gasteiger partial charge < -0.3 is 9.47 Å². The van der Waals surface area contributed by atoms with E-state index in [0.29, 0.717) is 6.42 Å². The van der Waals surface area contributed by atoms with E-state index in [2.05, 4.69) is 9.47 Å². The van der Waals surface area contributed by atoms with Gasteiger partial charge in [-0.05, 0) is 13.3 Å². The van der Waals surface area contributed by atoms with Crippen molar-refractivity contribution in [1.82, 2.24) is 0 Å². The molecule has 0 aromatic rings. The second kappa shape index (κ2) is 7.04. The number of hydrogen-bond donors (Lipinski definition) is 0. The summed E-state index contributed by atoms with van der Waals surface area (Å²) < 4.78 is 9.24. The molecule has 0 fully saturated rings. The predicted octanol–water partition coefficient (Wildman–Crippen LogP) is 1.55. The first-order valence-electron chi connectivity index (χ1n) is 4.85. The van der Waals surface area contributed by atoms with Gasteiger partial charge in [0.15, 0.2) is 0 Å². The lowest BCUT2D eigenvalue weighted by Gasteiger charge is -2.18. The summed E-state index contributed by atoms with van der Waals surface area (Å²) in [6, 6.07) is 0. The van der Waals surface area contributed by atoms with Gasteiger partial charge in [-0.3, -0.25) is 9.59 Å². The minimum absolute atomic E-state index is 0.383. The molecule has 0 aromatic carbocycles. The Kier molecular flexibility index (Phi) is 6.42. The SMILES string of the molecule is C/C=C/CC(C(=O)OC)C(C)C(=O)OC. The van der Waals surface area contributed by atoms with Gasteiger partial charge in [0.2, 0.25) is 0 Å². The van der Waals surface area contributed by atoms with E-state index in [1.807, 2.05) is 19.1 Å². The van der Waals surface area contributed by atoms with Gasteiger partial charge in [-0.1, -0.05) is 19.1 Å². The van der Waals surface area contributed by atoms with E-state index in [9.17, 15) is 9.59 Å². The molecule has 2 atom stereocenters. The molecule has 0 saturated heterocycles. The molecule has 0 aromatic heterocycles. The van der Waals surface area contributed by atoms with Gasteiger partial charge in [0.05, 0.1) is 26.1 Å². The first kappa shape index (κ1) is 13.7. The lowest BCUT2D eigenvalue weighted by atomic mass is 9.91. The van der Waals surface area contributed by atoms with Crippen LogP contribution in [0.25, 0.3) is 0 Å². The van der Waals surface area contributed by atoms with Crippen LogP contribution in [-0.2, 0) is 19.1 Å². The Morgan fingerprint density at radius 1 is 1.20 bits per heavy atom. The van der Waals surface area contributed by atoms with Crippen molar-refractivity contribution < 1.29 is 19.1 Å². The fourth-order valence-corrected chi connectivity index (χ4v) is 1.29. The number of carbonyl (C=O) groups is 2. The molecular weight excluding hydrogens is 196 g/mol. The molecule has 0 aliphatic heterocycles. The van der Waals surface area contributed by atoms with E-state index in [0.717, 1.165) is 0 Å². The molecule has 0 rings (SSSR count). The van der Waals surface area contributed by atoms with Crippen LogP contribution in [0.5, 0.6) is 0 Å². The molecule has 0 aliphatic carbocycles. The summed E-state index contributed by atoms with van der Waals surface area (Å²) in [4.78, 5) is 22.7. The van der Waals surface area contributed by atoms with Crippen LogP contribution in [-0.4, -0.2) is 26.2 Å². The van der Waals surface area contributed by atoms with E-state index >= 15 is 0 Å². The van der Waals surface area contributed by atoms with E-state index in [1.165, 1.54) is 14.2 Å². The second-order valence-electron chi connectivity index (χ2n) is 3.25. The zero-order chi connectivity index (χ0) is 11.8. The summed E-state index contributed by atoms with van der Waals surface area (Å²) in [5, 5.41) is 0. The topological polar surface area (TPSA) is 52.6 Å². The summed E-state index contributed by atoms with van der Waals surface area (Å²) in [7, 11) is 2.62. The Morgan fingerprint density at radius 2 is 1.73 bits per heavy atom. The van der Waals surface area contributed by atoms with Crippen LogP contribution < -0.4 is 0 Å². The molecule has 0 amide bonds. The first-order chi connectivity index (χ1) is 7.08. The van der Waals surface area contributed by atoms with Crippen LogP contribution >= 0.6 is 0 Å². The van der Waals surface area contributed by atoms with E-state index in [1.54, 1.807) is 6.92 Å². The Balaban J connectivity index is 4.60. The molecule has 2 unspecified atom stereocenters. The van der Waals surface area contributed by atoms with E-state index < -0.39 is 17.8 Å². The number of hydrogen-bond acceptors (Lipinski definition) is 4. The van der Waals surface area contributed by atoms with Crippen molar-refractivity contribution in [3.63, 3.8) is 0 Å². The van der Waals surface area contributed by atoms with Crippen molar-refractivity contribution in [2.75, 3.05) is 14.2 Å². The highest BCUT2D eigenvalue weighted by molar-refractivity contribution is 5.81. The lowest BCUT2D eigenvalue weighted by Crippen LogP contribution is -2.29. The molecule has 0 saturated carbocycles. The molecule has 0 bridgehead atoms. The third-order valence-corrected chi connectivity index (χ3v) is 2.31. The molecule has 4 heteroatoms. The number of rotatable bonds is 5. The molecule has 0 aliphatic rings. The van der Waals surface area contributed by atoms with Gasteiger partial charge in [0.1, 0.15) is 0 Å². The smallest absolute Gasteiger partial charge is 0.309 e. The van der Waals surface area contributed by atoms with E-state index in [-0.39, 0.29) is 5.97 Å². The molecule has 0 radical (unpaired) electrons. The summed E-state index contributed by atoms with van der Waals surface area (Å²) >= 11 is 0. The van der Waals surface area contributed by atoms with Crippen molar-refractivity contribution in [3.05, 3.63) is 12.2 Å². The highest BCUT2D eigenvalue weighted by atomic mass is 16.5. The Morgan fingerprint density at radius 3 is 2.13 bits per heavy atom. The predicted molar refractivity (Wildman–Crippen MR) is 56.1 cm³/mol. The highest BCUT2D eigenvalue weighted by Gasteiger charge is 2.30. The van der Waals surface area contributed by atoms with Crippen LogP contribution in [0.3, 0.4) is 0 Å². The summed E-state index contributed by atoms with van der Waals surface area (Å²) in [6.45, 7) is 3.52.